The van der Waals surface area contributed by atoms with Gasteiger partial charge in [0.05, 0.1) is 19.9 Å². The smallest absolute Gasteiger partial charge is 0.348 e. The zero-order valence-corrected chi connectivity index (χ0v) is 20.0. The van der Waals surface area contributed by atoms with E-state index in [2.05, 4.69) is 21.2 Å². The van der Waals surface area contributed by atoms with Gasteiger partial charge < -0.3 is 29.0 Å². The van der Waals surface area contributed by atoms with Crippen molar-refractivity contribution >= 4 is 45.5 Å². The SMILES string of the molecule is COc1ccccc1NC(=O)COc1cc(Br)c(C=C2C(=O)OC(C)(C)OC2=O)cc1OC. The number of anilines is 1. The second-order valence-corrected chi connectivity index (χ2v) is 8.15. The van der Waals surface area contributed by atoms with Crippen molar-refractivity contribution in [3.8, 4) is 17.2 Å². The highest BCUT2D eigenvalue weighted by Gasteiger charge is 2.39. The van der Waals surface area contributed by atoms with E-state index in [0.717, 1.165) is 0 Å². The summed E-state index contributed by atoms with van der Waals surface area (Å²) in [6, 6.07) is 10.1. The first kappa shape index (κ1) is 24.1. The first-order chi connectivity index (χ1) is 15.6. The van der Waals surface area contributed by atoms with Crippen LogP contribution in [-0.2, 0) is 23.9 Å². The van der Waals surface area contributed by atoms with E-state index in [-0.39, 0.29) is 23.7 Å². The second kappa shape index (κ2) is 9.95. The summed E-state index contributed by atoms with van der Waals surface area (Å²) in [6.07, 6.45) is 1.32. The summed E-state index contributed by atoms with van der Waals surface area (Å²) in [5, 5.41) is 2.71. The maximum atomic E-state index is 12.3. The van der Waals surface area contributed by atoms with Crippen LogP contribution in [0.3, 0.4) is 0 Å². The number of nitrogens with one attached hydrogen (secondary N) is 1. The summed E-state index contributed by atoms with van der Waals surface area (Å²) < 4.78 is 26.9. The number of halogens is 1. The zero-order chi connectivity index (χ0) is 24.2. The molecule has 0 aromatic heterocycles. The van der Waals surface area contributed by atoms with Gasteiger partial charge in [-0.25, -0.2) is 9.59 Å². The Balaban J connectivity index is 1.76. The number of para-hydroxylation sites is 2. The molecule has 2 aromatic rings. The van der Waals surface area contributed by atoms with Crippen molar-refractivity contribution < 1.29 is 38.1 Å². The Morgan fingerprint density at radius 1 is 1.03 bits per heavy atom. The van der Waals surface area contributed by atoms with Crippen LogP contribution in [0.25, 0.3) is 6.08 Å². The zero-order valence-electron chi connectivity index (χ0n) is 18.4. The van der Waals surface area contributed by atoms with Crippen LogP contribution >= 0.6 is 15.9 Å². The lowest BCUT2D eigenvalue weighted by atomic mass is 10.1. The molecular weight excluding hydrogens is 498 g/mol. The molecule has 0 spiro atoms. The largest absolute Gasteiger partial charge is 0.495 e. The van der Waals surface area contributed by atoms with Crippen molar-refractivity contribution in [1.82, 2.24) is 0 Å². The highest BCUT2D eigenvalue weighted by molar-refractivity contribution is 9.10. The van der Waals surface area contributed by atoms with E-state index in [1.807, 2.05) is 0 Å². The highest BCUT2D eigenvalue weighted by atomic mass is 79.9. The lowest BCUT2D eigenvalue weighted by molar-refractivity contribution is -0.222. The van der Waals surface area contributed by atoms with Gasteiger partial charge >= 0.3 is 11.9 Å². The monoisotopic (exact) mass is 519 g/mol. The lowest BCUT2D eigenvalue weighted by Crippen LogP contribution is -2.41. The summed E-state index contributed by atoms with van der Waals surface area (Å²) in [7, 11) is 2.93. The molecule has 1 N–H and O–H groups in total. The van der Waals surface area contributed by atoms with Crippen molar-refractivity contribution in [1.29, 1.82) is 0 Å². The molecule has 1 amide bonds. The Bertz CT molecular complexity index is 1100. The summed E-state index contributed by atoms with van der Waals surface area (Å²) in [5.74, 6) is -2.25. The molecule has 1 saturated heterocycles. The van der Waals surface area contributed by atoms with Crippen LogP contribution in [0.1, 0.15) is 19.4 Å². The van der Waals surface area contributed by atoms with Gasteiger partial charge in [0, 0.05) is 18.3 Å². The van der Waals surface area contributed by atoms with Gasteiger partial charge in [-0.3, -0.25) is 4.79 Å². The molecule has 0 bridgehead atoms. The molecule has 0 unspecified atom stereocenters. The molecule has 2 aromatic carbocycles. The molecule has 0 saturated carbocycles. The van der Waals surface area contributed by atoms with Gasteiger partial charge in [-0.2, -0.15) is 0 Å². The Kier molecular flexibility index (Phi) is 7.27. The molecule has 1 aliphatic rings. The Labute approximate surface area is 198 Å². The van der Waals surface area contributed by atoms with E-state index in [1.54, 1.807) is 36.4 Å². The molecular formula is C23H22BrNO8. The Hall–Kier alpha value is -3.53. The average Bonchev–Trinajstić information content (AvgIpc) is 2.75. The fourth-order valence-electron chi connectivity index (χ4n) is 2.95. The number of cyclic esters (lactones) is 2. The van der Waals surface area contributed by atoms with Gasteiger partial charge in [0.25, 0.3) is 11.7 Å². The number of hydrogen-bond acceptors (Lipinski definition) is 8. The average molecular weight is 520 g/mol. The third kappa shape index (κ3) is 5.83. The number of benzene rings is 2. The van der Waals surface area contributed by atoms with E-state index >= 15 is 0 Å². The number of hydrogen-bond donors (Lipinski definition) is 1. The molecule has 9 nitrogen and oxygen atoms in total. The van der Waals surface area contributed by atoms with Crippen molar-refractivity contribution in [2.24, 2.45) is 0 Å². The van der Waals surface area contributed by atoms with E-state index in [4.69, 9.17) is 23.7 Å². The van der Waals surface area contributed by atoms with Crippen LogP contribution in [0.4, 0.5) is 5.69 Å². The number of carbonyl (C=O) groups excluding carboxylic acids is 3. The number of esters is 2. The third-order valence-electron chi connectivity index (χ3n) is 4.44. The highest BCUT2D eigenvalue weighted by Crippen LogP contribution is 2.35. The van der Waals surface area contributed by atoms with Crippen molar-refractivity contribution in [2.45, 2.75) is 19.6 Å². The van der Waals surface area contributed by atoms with Crippen molar-refractivity contribution in [3.63, 3.8) is 0 Å². The molecule has 0 aliphatic carbocycles. The predicted octanol–water partition coefficient (Wildman–Crippen LogP) is 3.70. The van der Waals surface area contributed by atoms with Crippen LogP contribution < -0.4 is 19.5 Å². The van der Waals surface area contributed by atoms with Crippen LogP contribution in [0.15, 0.2) is 46.4 Å². The summed E-state index contributed by atoms with van der Waals surface area (Å²) in [4.78, 5) is 36.8. The fourth-order valence-corrected chi connectivity index (χ4v) is 3.38. The molecule has 0 atom stereocenters. The van der Waals surface area contributed by atoms with Crippen molar-refractivity contribution in [3.05, 3.63) is 52.0 Å². The number of amides is 1. The minimum absolute atomic E-state index is 0.262. The Morgan fingerprint density at radius 3 is 2.30 bits per heavy atom. The maximum Gasteiger partial charge on any atom is 0.348 e. The van der Waals surface area contributed by atoms with Gasteiger partial charge in [0.15, 0.2) is 18.1 Å². The first-order valence-corrected chi connectivity index (χ1v) is 10.5. The molecule has 33 heavy (non-hydrogen) atoms. The topological polar surface area (TPSA) is 109 Å². The van der Waals surface area contributed by atoms with Crippen LogP contribution in [0.5, 0.6) is 17.2 Å². The van der Waals surface area contributed by atoms with Gasteiger partial charge in [0.1, 0.15) is 11.3 Å². The van der Waals surface area contributed by atoms with Crippen LogP contribution in [0.2, 0.25) is 0 Å². The maximum absolute atomic E-state index is 12.3. The quantitative estimate of drug-likeness (QED) is 0.335. The molecule has 174 valence electrons. The molecule has 10 heteroatoms. The minimum Gasteiger partial charge on any atom is -0.495 e. The molecule has 3 rings (SSSR count). The number of ether oxygens (including phenoxy) is 5. The van der Waals surface area contributed by atoms with Gasteiger partial charge in [0.2, 0.25) is 0 Å². The molecule has 1 heterocycles. The third-order valence-corrected chi connectivity index (χ3v) is 5.13. The van der Waals surface area contributed by atoms with E-state index in [0.29, 0.717) is 21.5 Å². The minimum atomic E-state index is -1.33. The van der Waals surface area contributed by atoms with E-state index in [9.17, 15) is 14.4 Å². The Morgan fingerprint density at radius 2 is 1.67 bits per heavy atom. The van der Waals surface area contributed by atoms with Gasteiger partial charge in [-0.05, 0) is 35.9 Å². The summed E-state index contributed by atoms with van der Waals surface area (Å²) >= 11 is 3.38. The summed E-state index contributed by atoms with van der Waals surface area (Å²) in [5.41, 5.74) is 0.696. The second-order valence-electron chi connectivity index (χ2n) is 7.30. The normalized spacial score (nSPS) is 14.6. The first-order valence-electron chi connectivity index (χ1n) is 9.75. The molecule has 0 radical (unpaired) electrons. The van der Waals surface area contributed by atoms with Crippen LogP contribution in [-0.4, -0.2) is 44.5 Å². The number of carbonyl (C=O) groups is 3. The van der Waals surface area contributed by atoms with Crippen molar-refractivity contribution in [2.75, 3.05) is 26.1 Å². The van der Waals surface area contributed by atoms with E-state index < -0.39 is 23.6 Å². The fraction of sp³-hybridized carbons (Fsp3) is 0.261. The predicted molar refractivity (Wildman–Crippen MR) is 122 cm³/mol. The molecule has 1 aliphatic heterocycles. The lowest BCUT2D eigenvalue weighted by Gasteiger charge is -2.29. The number of methoxy groups -OCH3 is 2. The van der Waals surface area contributed by atoms with Gasteiger partial charge in [-0.1, -0.05) is 28.1 Å². The standard InChI is InChI=1S/C23H22BrNO8/c1-23(2)32-21(27)14(22(28)33-23)9-13-10-18(30-4)19(11-15(13)24)31-12-20(26)25-16-7-5-6-8-17(16)29-3/h5-11H,12H2,1-4H3,(H,25,26). The summed E-state index contributed by atoms with van der Waals surface area (Å²) in [6.45, 7) is 2.64. The van der Waals surface area contributed by atoms with Crippen LogP contribution in [0, 0.1) is 0 Å². The number of rotatable bonds is 7. The molecule has 1 fully saturated rings. The van der Waals surface area contributed by atoms with E-state index in [1.165, 1.54) is 34.1 Å². The van der Waals surface area contributed by atoms with Gasteiger partial charge in [-0.15, -0.1) is 0 Å².